The second-order valence-electron chi connectivity index (χ2n) is 4.35. The summed E-state index contributed by atoms with van der Waals surface area (Å²) in [6, 6.07) is 7.39. The molecule has 0 saturated carbocycles. The number of hydrogen-bond donors (Lipinski definition) is 0. The Labute approximate surface area is 114 Å². The van der Waals surface area contributed by atoms with Crippen LogP contribution in [0.15, 0.2) is 24.3 Å². The van der Waals surface area contributed by atoms with Gasteiger partial charge >= 0.3 is 5.97 Å². The molecule has 0 spiro atoms. The van der Waals surface area contributed by atoms with Crippen molar-refractivity contribution in [2.75, 3.05) is 19.7 Å². The van der Waals surface area contributed by atoms with E-state index in [0.717, 1.165) is 12.0 Å². The molecule has 0 aromatic heterocycles. The quantitative estimate of drug-likeness (QED) is 0.740. The lowest BCUT2D eigenvalue weighted by molar-refractivity contribution is -0.143. The van der Waals surface area contributed by atoms with Crippen LogP contribution in [0.25, 0.3) is 0 Å². The van der Waals surface area contributed by atoms with Gasteiger partial charge in [0.2, 0.25) is 0 Å². The zero-order valence-corrected chi connectivity index (χ0v) is 11.8. The van der Waals surface area contributed by atoms with Crippen LogP contribution in [0.1, 0.15) is 36.2 Å². The van der Waals surface area contributed by atoms with Crippen molar-refractivity contribution in [3.05, 3.63) is 35.4 Å². The summed E-state index contributed by atoms with van der Waals surface area (Å²) in [5.74, 6) is -0.481. The largest absolute Gasteiger partial charge is 0.465 e. The van der Waals surface area contributed by atoms with Gasteiger partial charge in [-0.2, -0.15) is 0 Å². The van der Waals surface area contributed by atoms with Gasteiger partial charge in [-0.05, 0) is 31.9 Å². The van der Waals surface area contributed by atoms with Crippen molar-refractivity contribution in [3.63, 3.8) is 0 Å². The van der Waals surface area contributed by atoms with Crippen molar-refractivity contribution in [1.82, 2.24) is 4.90 Å². The summed E-state index contributed by atoms with van der Waals surface area (Å²) in [5, 5.41) is 0. The van der Waals surface area contributed by atoms with Gasteiger partial charge in [0.05, 0.1) is 6.61 Å². The Kier molecular flexibility index (Phi) is 6.06. The fourth-order valence-electron chi connectivity index (χ4n) is 1.87. The van der Waals surface area contributed by atoms with Gasteiger partial charge in [0, 0.05) is 12.1 Å². The maximum atomic E-state index is 12.4. The first-order valence-corrected chi connectivity index (χ1v) is 6.60. The summed E-state index contributed by atoms with van der Waals surface area (Å²) >= 11 is 0. The van der Waals surface area contributed by atoms with Gasteiger partial charge in [-0.1, -0.05) is 25.1 Å². The fraction of sp³-hybridized carbons (Fsp3) is 0.467. The Balaban J connectivity index is 2.84. The first-order valence-electron chi connectivity index (χ1n) is 6.60. The number of nitrogens with zero attached hydrogens (tertiary/aromatic N) is 1. The molecule has 0 fully saturated rings. The molecule has 1 amide bonds. The maximum Gasteiger partial charge on any atom is 0.325 e. The SMILES string of the molecule is CCCN(CC(=O)OCC)C(=O)c1ccccc1C. The van der Waals surface area contributed by atoms with Crippen LogP contribution in [-0.2, 0) is 9.53 Å². The van der Waals surface area contributed by atoms with Gasteiger partial charge in [-0.25, -0.2) is 0 Å². The number of aryl methyl sites for hydroxylation is 1. The first kappa shape index (κ1) is 15.2. The molecular weight excluding hydrogens is 242 g/mol. The second-order valence-corrected chi connectivity index (χ2v) is 4.35. The van der Waals surface area contributed by atoms with Crippen molar-refractivity contribution < 1.29 is 14.3 Å². The van der Waals surface area contributed by atoms with Crippen molar-refractivity contribution >= 4 is 11.9 Å². The van der Waals surface area contributed by atoms with Crippen LogP contribution in [0, 0.1) is 6.92 Å². The molecule has 19 heavy (non-hydrogen) atoms. The van der Waals surface area contributed by atoms with Gasteiger partial charge in [0.25, 0.3) is 5.91 Å². The van der Waals surface area contributed by atoms with Crippen molar-refractivity contribution in [1.29, 1.82) is 0 Å². The number of ether oxygens (including phenoxy) is 1. The zero-order valence-electron chi connectivity index (χ0n) is 11.8. The van der Waals surface area contributed by atoms with Gasteiger partial charge in [0.1, 0.15) is 6.54 Å². The van der Waals surface area contributed by atoms with Crippen LogP contribution in [-0.4, -0.2) is 36.5 Å². The summed E-state index contributed by atoms with van der Waals surface area (Å²) in [7, 11) is 0. The number of amides is 1. The minimum Gasteiger partial charge on any atom is -0.465 e. The van der Waals surface area contributed by atoms with Crippen LogP contribution in [0.3, 0.4) is 0 Å². The normalized spacial score (nSPS) is 10.1. The fourth-order valence-corrected chi connectivity index (χ4v) is 1.87. The average Bonchev–Trinajstić information content (AvgIpc) is 2.38. The molecule has 0 heterocycles. The molecular formula is C15H21NO3. The van der Waals surface area contributed by atoms with Gasteiger partial charge in [0.15, 0.2) is 0 Å². The van der Waals surface area contributed by atoms with E-state index < -0.39 is 0 Å². The standard InChI is InChI=1S/C15H21NO3/c1-4-10-16(11-14(17)19-5-2)15(18)13-9-7-6-8-12(13)3/h6-9H,4-5,10-11H2,1-3H3. The molecule has 104 valence electrons. The van der Waals surface area contributed by atoms with E-state index in [4.69, 9.17) is 4.74 Å². The van der Waals surface area contributed by atoms with E-state index in [2.05, 4.69) is 0 Å². The minimum absolute atomic E-state index is 0.00878. The summed E-state index contributed by atoms with van der Waals surface area (Å²) in [6.45, 7) is 6.51. The van der Waals surface area contributed by atoms with E-state index in [1.165, 1.54) is 0 Å². The Morgan fingerprint density at radius 2 is 1.89 bits per heavy atom. The third-order valence-corrected chi connectivity index (χ3v) is 2.78. The molecule has 0 aliphatic rings. The lowest BCUT2D eigenvalue weighted by Crippen LogP contribution is -2.37. The van der Waals surface area contributed by atoms with E-state index in [-0.39, 0.29) is 18.4 Å². The van der Waals surface area contributed by atoms with Crippen molar-refractivity contribution in [2.45, 2.75) is 27.2 Å². The summed E-state index contributed by atoms with van der Waals surface area (Å²) in [6.07, 6.45) is 0.803. The van der Waals surface area contributed by atoms with E-state index in [9.17, 15) is 9.59 Å². The summed E-state index contributed by atoms with van der Waals surface area (Å²) in [5.41, 5.74) is 1.55. The minimum atomic E-state index is -0.363. The first-order chi connectivity index (χ1) is 9.10. The van der Waals surface area contributed by atoms with E-state index >= 15 is 0 Å². The van der Waals surface area contributed by atoms with Gasteiger partial charge in [-0.15, -0.1) is 0 Å². The Bertz CT molecular complexity index is 443. The van der Waals surface area contributed by atoms with Gasteiger partial charge in [-0.3, -0.25) is 9.59 Å². The molecule has 0 aliphatic carbocycles. The zero-order chi connectivity index (χ0) is 14.3. The molecule has 0 aliphatic heterocycles. The molecule has 1 rings (SSSR count). The smallest absolute Gasteiger partial charge is 0.325 e. The molecule has 1 aromatic carbocycles. The van der Waals surface area contributed by atoms with E-state index in [0.29, 0.717) is 18.7 Å². The predicted octanol–water partition coefficient (Wildman–Crippen LogP) is 2.41. The van der Waals surface area contributed by atoms with Crippen LogP contribution in [0.5, 0.6) is 0 Å². The maximum absolute atomic E-state index is 12.4. The molecule has 0 unspecified atom stereocenters. The number of rotatable bonds is 6. The molecule has 0 saturated heterocycles. The third-order valence-electron chi connectivity index (χ3n) is 2.78. The topological polar surface area (TPSA) is 46.6 Å². The Hall–Kier alpha value is -1.84. The number of carbonyl (C=O) groups is 2. The summed E-state index contributed by atoms with van der Waals surface area (Å²) < 4.78 is 4.90. The Morgan fingerprint density at radius 3 is 2.47 bits per heavy atom. The average molecular weight is 263 g/mol. The highest BCUT2D eigenvalue weighted by Gasteiger charge is 2.19. The molecule has 0 atom stereocenters. The lowest BCUT2D eigenvalue weighted by atomic mass is 10.1. The molecule has 4 heteroatoms. The summed E-state index contributed by atoms with van der Waals surface area (Å²) in [4.78, 5) is 25.5. The van der Waals surface area contributed by atoms with Gasteiger partial charge < -0.3 is 9.64 Å². The highest BCUT2D eigenvalue weighted by Crippen LogP contribution is 2.11. The van der Waals surface area contributed by atoms with Crippen LogP contribution in [0.2, 0.25) is 0 Å². The number of hydrogen-bond acceptors (Lipinski definition) is 3. The molecule has 0 radical (unpaired) electrons. The molecule has 4 nitrogen and oxygen atoms in total. The third kappa shape index (κ3) is 4.39. The predicted molar refractivity (Wildman–Crippen MR) is 74.0 cm³/mol. The molecule has 0 N–H and O–H groups in total. The lowest BCUT2D eigenvalue weighted by Gasteiger charge is -2.21. The van der Waals surface area contributed by atoms with Crippen LogP contribution >= 0.6 is 0 Å². The van der Waals surface area contributed by atoms with Crippen LogP contribution in [0.4, 0.5) is 0 Å². The highest BCUT2D eigenvalue weighted by atomic mass is 16.5. The Morgan fingerprint density at radius 1 is 1.21 bits per heavy atom. The number of benzene rings is 1. The molecule has 0 bridgehead atoms. The second kappa shape index (κ2) is 7.56. The van der Waals surface area contributed by atoms with Crippen molar-refractivity contribution in [2.24, 2.45) is 0 Å². The highest BCUT2D eigenvalue weighted by molar-refractivity contribution is 5.97. The monoisotopic (exact) mass is 263 g/mol. The number of carbonyl (C=O) groups excluding carboxylic acids is 2. The molecule has 1 aromatic rings. The number of esters is 1. The van der Waals surface area contributed by atoms with Crippen LogP contribution < -0.4 is 0 Å². The van der Waals surface area contributed by atoms with E-state index in [1.807, 2.05) is 32.0 Å². The van der Waals surface area contributed by atoms with Crippen molar-refractivity contribution in [3.8, 4) is 0 Å². The van der Waals surface area contributed by atoms with E-state index in [1.54, 1.807) is 17.9 Å².